The number of aliphatic imine (C=N–C) groups is 1. The summed E-state index contributed by atoms with van der Waals surface area (Å²) in [5.41, 5.74) is 0.482. The molecule has 150 valence electrons. The summed E-state index contributed by atoms with van der Waals surface area (Å²) in [6.45, 7) is 2.76. The maximum Gasteiger partial charge on any atom is 0.350 e. The van der Waals surface area contributed by atoms with E-state index in [1.165, 1.54) is 0 Å². The molecule has 1 atom stereocenters. The number of piperazine rings is 1. The summed E-state index contributed by atoms with van der Waals surface area (Å²) in [5.74, 6) is -0.0697. The van der Waals surface area contributed by atoms with Crippen LogP contribution in [0.3, 0.4) is 0 Å². The van der Waals surface area contributed by atoms with Crippen LogP contribution in [-0.2, 0) is 9.59 Å². The molecule has 0 N–H and O–H groups in total. The molecule has 0 saturated carbocycles. The van der Waals surface area contributed by atoms with Gasteiger partial charge in [0.2, 0.25) is 17.8 Å². The summed E-state index contributed by atoms with van der Waals surface area (Å²) in [7, 11) is 0. The number of urea groups is 1. The predicted molar refractivity (Wildman–Crippen MR) is 106 cm³/mol. The van der Waals surface area contributed by atoms with E-state index in [-0.39, 0.29) is 24.8 Å². The van der Waals surface area contributed by atoms with Crippen LogP contribution in [-0.4, -0.2) is 76.0 Å². The smallest absolute Gasteiger partial charge is 0.339 e. The number of aromatic nitrogens is 2. The van der Waals surface area contributed by atoms with E-state index in [9.17, 15) is 14.4 Å². The number of hydrogen-bond donors (Lipinski definition) is 0. The molecule has 1 saturated heterocycles. The minimum Gasteiger partial charge on any atom is -0.339 e. The van der Waals surface area contributed by atoms with Crippen molar-refractivity contribution in [1.29, 1.82) is 0 Å². The Morgan fingerprint density at radius 1 is 1.07 bits per heavy atom. The van der Waals surface area contributed by atoms with Crippen molar-refractivity contribution in [2.24, 2.45) is 10.9 Å². The van der Waals surface area contributed by atoms with Gasteiger partial charge in [-0.1, -0.05) is 18.2 Å². The van der Waals surface area contributed by atoms with Crippen molar-refractivity contribution in [3.05, 3.63) is 42.8 Å². The highest BCUT2D eigenvalue weighted by molar-refractivity contribution is 6.21. The van der Waals surface area contributed by atoms with Crippen LogP contribution in [0.25, 0.3) is 0 Å². The first-order chi connectivity index (χ1) is 14.1. The predicted octanol–water partition coefficient (Wildman–Crippen LogP) is 1.05. The molecule has 2 aliphatic heterocycles. The zero-order valence-corrected chi connectivity index (χ0v) is 16.0. The second kappa shape index (κ2) is 8.34. The van der Waals surface area contributed by atoms with E-state index >= 15 is 0 Å². The molecule has 4 amide bonds. The van der Waals surface area contributed by atoms with E-state index < -0.39 is 11.9 Å². The maximum atomic E-state index is 12.5. The number of fused-ring (bicyclic) bond motifs is 1. The van der Waals surface area contributed by atoms with Crippen molar-refractivity contribution in [2.75, 3.05) is 37.6 Å². The van der Waals surface area contributed by atoms with Crippen LogP contribution in [0.5, 0.6) is 0 Å². The Balaban J connectivity index is 1.25. The zero-order chi connectivity index (χ0) is 20.2. The van der Waals surface area contributed by atoms with Gasteiger partial charge in [-0.15, -0.1) is 0 Å². The first kappa shape index (κ1) is 19.0. The number of hydrogen-bond acceptors (Lipinski definition) is 6. The van der Waals surface area contributed by atoms with Crippen molar-refractivity contribution in [3.63, 3.8) is 0 Å². The maximum absolute atomic E-state index is 12.5. The number of nitrogens with zero attached hydrogens (tertiary/aromatic N) is 6. The van der Waals surface area contributed by atoms with Gasteiger partial charge < -0.3 is 9.80 Å². The minimum absolute atomic E-state index is 0.0280. The number of anilines is 1. The van der Waals surface area contributed by atoms with Crippen LogP contribution >= 0.6 is 0 Å². The highest BCUT2D eigenvalue weighted by atomic mass is 16.2. The number of allylic oxidation sites excluding steroid dienone is 3. The quantitative estimate of drug-likeness (QED) is 0.740. The Kier molecular flexibility index (Phi) is 5.46. The fourth-order valence-electron chi connectivity index (χ4n) is 3.64. The van der Waals surface area contributed by atoms with Gasteiger partial charge in [0.1, 0.15) is 0 Å². The summed E-state index contributed by atoms with van der Waals surface area (Å²) in [6, 6.07) is 1.22. The van der Waals surface area contributed by atoms with Gasteiger partial charge in [-0.3, -0.25) is 14.5 Å². The molecule has 1 unspecified atom stereocenters. The second-order valence-corrected chi connectivity index (χ2v) is 7.05. The molecule has 0 bridgehead atoms. The van der Waals surface area contributed by atoms with Crippen LogP contribution in [0, 0.1) is 5.92 Å². The number of imide groups is 1. The molecule has 29 heavy (non-hydrogen) atoms. The fourth-order valence-corrected chi connectivity index (χ4v) is 3.64. The molecular formula is C20H22N6O3. The average Bonchev–Trinajstić information content (AvgIpc) is 2.76. The summed E-state index contributed by atoms with van der Waals surface area (Å²) in [6.07, 6.45) is 11.1. The van der Waals surface area contributed by atoms with Gasteiger partial charge in [0.15, 0.2) is 0 Å². The molecule has 9 nitrogen and oxygen atoms in total. The van der Waals surface area contributed by atoms with Crippen LogP contribution in [0.2, 0.25) is 0 Å². The SMILES string of the molecule is O=C(CCCN1C(=O)N=C2C=CC=CC2C1=O)N1CCN(c2ncccn2)CC1. The monoisotopic (exact) mass is 394 g/mol. The van der Waals surface area contributed by atoms with Gasteiger partial charge in [-0.2, -0.15) is 4.99 Å². The number of carbonyl (C=O) groups excluding carboxylic acids is 3. The Labute approximate surface area is 168 Å². The van der Waals surface area contributed by atoms with Gasteiger partial charge in [-0.05, 0) is 18.6 Å². The van der Waals surface area contributed by atoms with Gasteiger partial charge in [-0.25, -0.2) is 14.8 Å². The lowest BCUT2D eigenvalue weighted by Crippen LogP contribution is -2.49. The third-order valence-electron chi connectivity index (χ3n) is 5.23. The molecule has 1 aromatic rings. The zero-order valence-electron chi connectivity index (χ0n) is 16.0. The van der Waals surface area contributed by atoms with E-state index in [2.05, 4.69) is 19.9 Å². The Bertz CT molecular complexity index is 887. The Hall–Kier alpha value is -3.36. The number of rotatable bonds is 5. The molecule has 0 aromatic carbocycles. The lowest BCUT2D eigenvalue weighted by atomic mass is 9.95. The lowest BCUT2D eigenvalue weighted by Gasteiger charge is -2.35. The van der Waals surface area contributed by atoms with Crippen molar-refractivity contribution in [2.45, 2.75) is 12.8 Å². The molecule has 1 fully saturated rings. The van der Waals surface area contributed by atoms with E-state index in [1.807, 2.05) is 4.90 Å². The standard InChI is InChI=1S/C20H22N6O3/c27-17(24-11-13-25(14-12-24)19-21-8-4-9-22-19)7-3-10-26-18(28)15-5-1-2-6-16(15)23-20(26)29/h1-2,4-6,8-9,15H,3,7,10-14H2. The van der Waals surface area contributed by atoms with Crippen LogP contribution < -0.4 is 4.90 Å². The van der Waals surface area contributed by atoms with E-state index in [4.69, 9.17) is 0 Å². The molecule has 9 heteroatoms. The Morgan fingerprint density at radius 2 is 1.83 bits per heavy atom. The highest BCUT2D eigenvalue weighted by Crippen LogP contribution is 2.20. The topological polar surface area (TPSA) is 99.1 Å². The molecule has 0 spiro atoms. The molecule has 1 aromatic heterocycles. The molecule has 4 rings (SSSR count). The third kappa shape index (κ3) is 4.08. The summed E-state index contributed by atoms with van der Waals surface area (Å²) in [5, 5.41) is 0. The Morgan fingerprint density at radius 3 is 2.59 bits per heavy atom. The number of amides is 4. The van der Waals surface area contributed by atoms with Crippen molar-refractivity contribution in [3.8, 4) is 0 Å². The van der Waals surface area contributed by atoms with Crippen LogP contribution in [0.15, 0.2) is 47.8 Å². The first-order valence-corrected chi connectivity index (χ1v) is 9.72. The fraction of sp³-hybridized carbons (Fsp3) is 0.400. The van der Waals surface area contributed by atoms with Crippen molar-refractivity contribution >= 4 is 29.5 Å². The van der Waals surface area contributed by atoms with E-state index in [1.54, 1.807) is 42.8 Å². The summed E-state index contributed by atoms with van der Waals surface area (Å²) < 4.78 is 0. The highest BCUT2D eigenvalue weighted by Gasteiger charge is 2.35. The molecule has 3 heterocycles. The minimum atomic E-state index is -0.551. The summed E-state index contributed by atoms with van der Waals surface area (Å²) >= 11 is 0. The van der Waals surface area contributed by atoms with Crippen LogP contribution in [0.1, 0.15) is 12.8 Å². The van der Waals surface area contributed by atoms with Crippen molar-refractivity contribution in [1.82, 2.24) is 19.8 Å². The van der Waals surface area contributed by atoms with Crippen LogP contribution in [0.4, 0.5) is 10.7 Å². The summed E-state index contributed by atoms with van der Waals surface area (Å²) in [4.78, 5) is 54.7. The van der Waals surface area contributed by atoms with E-state index in [0.29, 0.717) is 44.3 Å². The molecule has 3 aliphatic rings. The van der Waals surface area contributed by atoms with Gasteiger partial charge >= 0.3 is 6.03 Å². The molecule has 0 radical (unpaired) electrons. The molecule has 1 aliphatic carbocycles. The number of carbonyl (C=O) groups is 3. The van der Waals surface area contributed by atoms with Gasteiger partial charge in [0.05, 0.1) is 11.6 Å². The van der Waals surface area contributed by atoms with E-state index in [0.717, 1.165) is 4.90 Å². The first-order valence-electron chi connectivity index (χ1n) is 9.72. The second-order valence-electron chi connectivity index (χ2n) is 7.05. The van der Waals surface area contributed by atoms with Gasteiger partial charge in [0, 0.05) is 51.5 Å². The normalized spacial score (nSPS) is 21.3. The molecular weight excluding hydrogens is 372 g/mol. The third-order valence-corrected chi connectivity index (χ3v) is 5.23. The van der Waals surface area contributed by atoms with Crippen molar-refractivity contribution < 1.29 is 14.4 Å². The van der Waals surface area contributed by atoms with Gasteiger partial charge in [0.25, 0.3) is 0 Å². The lowest BCUT2D eigenvalue weighted by molar-refractivity contribution is -0.133. The average molecular weight is 394 g/mol. The largest absolute Gasteiger partial charge is 0.350 e.